The van der Waals surface area contributed by atoms with Crippen LogP contribution in [0, 0.1) is 13.8 Å². The lowest BCUT2D eigenvalue weighted by Crippen LogP contribution is -2.48. The van der Waals surface area contributed by atoms with Gasteiger partial charge in [-0.3, -0.25) is 4.79 Å². The van der Waals surface area contributed by atoms with E-state index in [0.717, 1.165) is 29.4 Å². The second kappa shape index (κ2) is 6.56. The number of thiazole rings is 1. The Hall–Kier alpha value is -3.00. The molecule has 1 aromatic carbocycles. The Morgan fingerprint density at radius 3 is 2.68 bits per heavy atom. The zero-order chi connectivity index (χ0) is 19.3. The minimum absolute atomic E-state index is 0.00532. The summed E-state index contributed by atoms with van der Waals surface area (Å²) in [6.45, 7) is 6.54. The maximum atomic E-state index is 13.2. The standard InChI is InChI=1S/C20H19N5O2S/c1-12-11-14(17-13(2)23-27-18(17)21-12)19(26)24-7-9-25(10-8-24)20-22-15-5-3-4-6-16(15)28-20/h3-6,11H,7-10H2,1-2H3. The molecule has 0 bridgehead atoms. The largest absolute Gasteiger partial charge is 0.345 e. The van der Waals surface area contributed by atoms with Crippen molar-refractivity contribution >= 4 is 43.7 Å². The van der Waals surface area contributed by atoms with Crippen LogP contribution in [0.5, 0.6) is 0 Å². The summed E-state index contributed by atoms with van der Waals surface area (Å²) >= 11 is 1.70. The number of hydrogen-bond acceptors (Lipinski definition) is 7. The number of benzene rings is 1. The van der Waals surface area contributed by atoms with E-state index in [9.17, 15) is 4.79 Å². The highest BCUT2D eigenvalue weighted by Crippen LogP contribution is 2.30. The molecule has 0 saturated carbocycles. The van der Waals surface area contributed by atoms with Crippen LogP contribution in [-0.2, 0) is 0 Å². The van der Waals surface area contributed by atoms with E-state index >= 15 is 0 Å². The van der Waals surface area contributed by atoms with Crippen molar-refractivity contribution < 1.29 is 9.32 Å². The van der Waals surface area contributed by atoms with Gasteiger partial charge in [0.1, 0.15) is 0 Å². The molecule has 1 fully saturated rings. The van der Waals surface area contributed by atoms with Crippen LogP contribution in [0.2, 0.25) is 0 Å². The Balaban J connectivity index is 1.37. The van der Waals surface area contributed by atoms with Gasteiger partial charge in [-0.2, -0.15) is 0 Å². The van der Waals surface area contributed by atoms with Gasteiger partial charge in [0.15, 0.2) is 5.13 Å². The first-order valence-corrected chi connectivity index (χ1v) is 10.1. The van der Waals surface area contributed by atoms with Crippen molar-refractivity contribution in [1.82, 2.24) is 20.0 Å². The fourth-order valence-electron chi connectivity index (χ4n) is 3.65. The smallest absolute Gasteiger partial charge is 0.258 e. The molecule has 28 heavy (non-hydrogen) atoms. The first-order chi connectivity index (χ1) is 13.6. The monoisotopic (exact) mass is 393 g/mol. The number of carbonyl (C=O) groups is 1. The molecule has 3 aromatic heterocycles. The Bertz CT molecular complexity index is 1160. The minimum atomic E-state index is 0.00532. The third-order valence-electron chi connectivity index (χ3n) is 5.10. The predicted molar refractivity (Wildman–Crippen MR) is 109 cm³/mol. The van der Waals surface area contributed by atoms with E-state index in [4.69, 9.17) is 9.51 Å². The van der Waals surface area contributed by atoms with Gasteiger partial charge in [0, 0.05) is 31.9 Å². The Morgan fingerprint density at radius 1 is 1.11 bits per heavy atom. The number of piperazine rings is 1. The van der Waals surface area contributed by atoms with Gasteiger partial charge >= 0.3 is 0 Å². The predicted octanol–water partition coefficient (Wildman–Crippen LogP) is 3.41. The molecule has 0 radical (unpaired) electrons. The number of aromatic nitrogens is 3. The summed E-state index contributed by atoms with van der Waals surface area (Å²) in [7, 11) is 0. The number of para-hydroxylation sites is 1. The minimum Gasteiger partial charge on any atom is -0.345 e. The molecule has 1 amide bonds. The molecular formula is C20H19N5O2S. The van der Waals surface area contributed by atoms with E-state index in [0.29, 0.717) is 35.4 Å². The second-order valence-electron chi connectivity index (χ2n) is 7.00. The van der Waals surface area contributed by atoms with Crippen LogP contribution >= 0.6 is 11.3 Å². The number of fused-ring (bicyclic) bond motifs is 2. The van der Waals surface area contributed by atoms with Crippen molar-refractivity contribution in [3.63, 3.8) is 0 Å². The third kappa shape index (κ3) is 2.80. The highest BCUT2D eigenvalue weighted by Gasteiger charge is 2.27. The summed E-state index contributed by atoms with van der Waals surface area (Å²) in [6, 6.07) is 9.99. The highest BCUT2D eigenvalue weighted by atomic mass is 32.1. The van der Waals surface area contributed by atoms with Gasteiger partial charge in [-0.1, -0.05) is 28.6 Å². The first kappa shape index (κ1) is 17.1. The molecule has 7 nitrogen and oxygen atoms in total. The SMILES string of the molecule is Cc1cc(C(=O)N2CCN(c3nc4ccccc4s3)CC2)c2c(C)noc2n1. The van der Waals surface area contributed by atoms with Crippen molar-refractivity contribution in [2.24, 2.45) is 0 Å². The number of anilines is 1. The number of rotatable bonds is 2. The molecule has 0 aliphatic carbocycles. The fourth-order valence-corrected chi connectivity index (χ4v) is 4.67. The van der Waals surface area contributed by atoms with Gasteiger partial charge in [0.2, 0.25) is 0 Å². The average Bonchev–Trinajstić information content (AvgIpc) is 3.31. The molecule has 0 atom stereocenters. The molecule has 1 saturated heterocycles. The Labute approximate surface area is 165 Å². The van der Waals surface area contributed by atoms with Crippen molar-refractivity contribution in [1.29, 1.82) is 0 Å². The van der Waals surface area contributed by atoms with Gasteiger partial charge in [-0.05, 0) is 32.0 Å². The molecule has 4 aromatic rings. The molecule has 0 spiro atoms. The van der Waals surface area contributed by atoms with Crippen LogP contribution in [0.3, 0.4) is 0 Å². The number of hydrogen-bond donors (Lipinski definition) is 0. The maximum Gasteiger partial charge on any atom is 0.258 e. The number of aryl methyl sites for hydroxylation is 2. The molecule has 0 unspecified atom stereocenters. The molecule has 0 N–H and O–H groups in total. The van der Waals surface area contributed by atoms with Crippen LogP contribution in [-0.4, -0.2) is 52.1 Å². The summed E-state index contributed by atoms with van der Waals surface area (Å²) in [5, 5.41) is 5.71. The van der Waals surface area contributed by atoms with Gasteiger partial charge in [-0.25, -0.2) is 9.97 Å². The average molecular weight is 393 g/mol. The quantitative estimate of drug-likeness (QED) is 0.519. The second-order valence-corrected chi connectivity index (χ2v) is 8.01. The topological polar surface area (TPSA) is 75.4 Å². The lowest BCUT2D eigenvalue weighted by Gasteiger charge is -2.34. The summed E-state index contributed by atoms with van der Waals surface area (Å²) < 4.78 is 6.45. The van der Waals surface area contributed by atoms with Crippen LogP contribution in [0.25, 0.3) is 21.3 Å². The molecule has 5 rings (SSSR count). The van der Waals surface area contributed by atoms with Gasteiger partial charge in [-0.15, -0.1) is 0 Å². The fraction of sp³-hybridized carbons (Fsp3) is 0.300. The van der Waals surface area contributed by atoms with E-state index in [1.54, 1.807) is 11.3 Å². The van der Waals surface area contributed by atoms with Gasteiger partial charge in [0.25, 0.3) is 11.6 Å². The van der Waals surface area contributed by atoms with Crippen molar-refractivity contribution in [2.75, 3.05) is 31.1 Å². The van der Waals surface area contributed by atoms with Crippen molar-refractivity contribution in [2.45, 2.75) is 13.8 Å². The van der Waals surface area contributed by atoms with Crippen LogP contribution in [0.1, 0.15) is 21.7 Å². The lowest BCUT2D eigenvalue weighted by atomic mass is 10.1. The zero-order valence-corrected chi connectivity index (χ0v) is 16.5. The molecule has 142 valence electrons. The normalized spacial score (nSPS) is 14.9. The number of amides is 1. The number of pyridine rings is 1. The summed E-state index contributed by atoms with van der Waals surface area (Å²) in [4.78, 5) is 26.4. The molecule has 4 heterocycles. The Morgan fingerprint density at radius 2 is 1.89 bits per heavy atom. The maximum absolute atomic E-state index is 13.2. The molecular weight excluding hydrogens is 374 g/mol. The first-order valence-electron chi connectivity index (χ1n) is 9.23. The van der Waals surface area contributed by atoms with Gasteiger partial charge in [0.05, 0.1) is 26.9 Å². The summed E-state index contributed by atoms with van der Waals surface area (Å²) in [5.41, 5.74) is 3.52. The van der Waals surface area contributed by atoms with Gasteiger partial charge < -0.3 is 14.3 Å². The van der Waals surface area contributed by atoms with E-state index in [1.165, 1.54) is 4.70 Å². The van der Waals surface area contributed by atoms with E-state index < -0.39 is 0 Å². The van der Waals surface area contributed by atoms with E-state index in [1.807, 2.05) is 43.0 Å². The number of nitrogens with zero attached hydrogens (tertiary/aromatic N) is 5. The zero-order valence-electron chi connectivity index (χ0n) is 15.7. The number of carbonyl (C=O) groups excluding carboxylic acids is 1. The molecule has 1 aliphatic rings. The third-order valence-corrected chi connectivity index (χ3v) is 6.19. The Kier molecular flexibility index (Phi) is 4.01. The van der Waals surface area contributed by atoms with Crippen molar-refractivity contribution in [3.05, 3.63) is 47.3 Å². The van der Waals surface area contributed by atoms with E-state index in [-0.39, 0.29) is 5.91 Å². The van der Waals surface area contributed by atoms with Crippen LogP contribution in [0.4, 0.5) is 5.13 Å². The van der Waals surface area contributed by atoms with Crippen LogP contribution < -0.4 is 4.90 Å². The lowest BCUT2D eigenvalue weighted by molar-refractivity contribution is 0.0748. The van der Waals surface area contributed by atoms with Crippen molar-refractivity contribution in [3.8, 4) is 0 Å². The molecule has 8 heteroatoms. The van der Waals surface area contributed by atoms with E-state index in [2.05, 4.69) is 21.1 Å². The van der Waals surface area contributed by atoms with Crippen LogP contribution in [0.15, 0.2) is 34.9 Å². The molecule has 1 aliphatic heterocycles. The summed E-state index contributed by atoms with van der Waals surface area (Å²) in [6.07, 6.45) is 0. The summed E-state index contributed by atoms with van der Waals surface area (Å²) in [5.74, 6) is 0.00532. The highest BCUT2D eigenvalue weighted by molar-refractivity contribution is 7.22.